The van der Waals surface area contributed by atoms with E-state index in [4.69, 9.17) is 11.6 Å². The van der Waals surface area contributed by atoms with Gasteiger partial charge in [-0.2, -0.15) is 0 Å². The van der Waals surface area contributed by atoms with Crippen LogP contribution in [-0.2, 0) is 10.2 Å². The van der Waals surface area contributed by atoms with E-state index in [9.17, 15) is 4.79 Å². The van der Waals surface area contributed by atoms with Gasteiger partial charge in [0.1, 0.15) is 0 Å². The number of halogens is 1. The van der Waals surface area contributed by atoms with Crippen LogP contribution in [0.25, 0.3) is 6.08 Å². The van der Waals surface area contributed by atoms with Gasteiger partial charge in [0.15, 0.2) is 0 Å². The second-order valence-corrected chi connectivity index (χ2v) is 6.89. The van der Waals surface area contributed by atoms with Crippen molar-refractivity contribution in [2.24, 2.45) is 0 Å². The van der Waals surface area contributed by atoms with Crippen molar-refractivity contribution in [2.45, 2.75) is 31.1 Å². The minimum absolute atomic E-state index is 0.0489. The Labute approximate surface area is 148 Å². The fraction of sp³-hybridized carbons (Fsp3) is 0.286. The van der Waals surface area contributed by atoms with Crippen LogP contribution in [0.5, 0.6) is 0 Å². The molecular weight excluding hydrogens is 318 g/mol. The Hall–Kier alpha value is -2.06. The van der Waals surface area contributed by atoms with Crippen molar-refractivity contribution in [1.82, 2.24) is 5.32 Å². The van der Waals surface area contributed by atoms with E-state index >= 15 is 0 Å². The van der Waals surface area contributed by atoms with Crippen molar-refractivity contribution in [2.75, 3.05) is 6.54 Å². The van der Waals surface area contributed by atoms with E-state index < -0.39 is 0 Å². The summed E-state index contributed by atoms with van der Waals surface area (Å²) in [6.45, 7) is 0.695. The van der Waals surface area contributed by atoms with E-state index in [1.54, 1.807) is 6.08 Å². The lowest BCUT2D eigenvalue weighted by atomic mass is 9.79. The van der Waals surface area contributed by atoms with Gasteiger partial charge in [-0.05, 0) is 42.2 Å². The second kappa shape index (κ2) is 7.67. The molecule has 0 unspecified atom stereocenters. The normalized spacial score (nSPS) is 16.4. The van der Waals surface area contributed by atoms with Crippen LogP contribution in [0.4, 0.5) is 0 Å². The predicted molar refractivity (Wildman–Crippen MR) is 100 cm³/mol. The molecule has 0 bridgehead atoms. The Bertz CT molecular complexity index is 700. The van der Waals surface area contributed by atoms with Crippen molar-refractivity contribution < 1.29 is 4.79 Å². The molecule has 0 atom stereocenters. The largest absolute Gasteiger partial charge is 0.352 e. The van der Waals surface area contributed by atoms with Crippen LogP contribution >= 0.6 is 11.6 Å². The van der Waals surface area contributed by atoms with Gasteiger partial charge in [-0.25, -0.2) is 0 Å². The van der Waals surface area contributed by atoms with E-state index in [0.717, 1.165) is 18.4 Å². The fourth-order valence-electron chi connectivity index (χ4n) is 3.47. The van der Waals surface area contributed by atoms with E-state index in [1.807, 2.05) is 36.4 Å². The highest BCUT2D eigenvalue weighted by atomic mass is 35.5. The van der Waals surface area contributed by atoms with E-state index in [2.05, 4.69) is 29.6 Å². The summed E-state index contributed by atoms with van der Waals surface area (Å²) in [7, 11) is 0. The highest BCUT2D eigenvalue weighted by molar-refractivity contribution is 6.30. The molecule has 0 radical (unpaired) electrons. The first-order valence-corrected chi connectivity index (χ1v) is 8.83. The molecule has 124 valence electrons. The average molecular weight is 340 g/mol. The summed E-state index contributed by atoms with van der Waals surface area (Å²) in [4.78, 5) is 12.2. The summed E-state index contributed by atoms with van der Waals surface area (Å²) in [5, 5.41) is 3.79. The molecule has 0 saturated heterocycles. The predicted octanol–water partition coefficient (Wildman–Crippen LogP) is 4.98. The summed E-state index contributed by atoms with van der Waals surface area (Å²) in [6.07, 6.45) is 8.14. The molecule has 1 amide bonds. The van der Waals surface area contributed by atoms with Gasteiger partial charge in [0, 0.05) is 23.1 Å². The number of carbonyl (C=O) groups is 1. The van der Waals surface area contributed by atoms with Crippen LogP contribution in [0, 0.1) is 0 Å². The van der Waals surface area contributed by atoms with Crippen LogP contribution in [-0.4, -0.2) is 12.5 Å². The number of rotatable bonds is 5. The van der Waals surface area contributed by atoms with Crippen LogP contribution in [0.3, 0.4) is 0 Å². The maximum Gasteiger partial charge on any atom is 0.244 e. The molecule has 1 saturated carbocycles. The van der Waals surface area contributed by atoms with E-state index in [1.165, 1.54) is 18.4 Å². The third kappa shape index (κ3) is 4.07. The lowest BCUT2D eigenvalue weighted by Crippen LogP contribution is -2.38. The molecule has 1 aliphatic carbocycles. The molecule has 3 rings (SSSR count). The first-order chi connectivity index (χ1) is 11.7. The van der Waals surface area contributed by atoms with Crippen molar-refractivity contribution in [3.8, 4) is 0 Å². The molecule has 2 aromatic carbocycles. The summed E-state index contributed by atoms with van der Waals surface area (Å²) < 4.78 is 0. The van der Waals surface area contributed by atoms with Crippen molar-refractivity contribution in [1.29, 1.82) is 0 Å². The molecule has 1 fully saturated rings. The van der Waals surface area contributed by atoms with Gasteiger partial charge in [0.2, 0.25) is 5.91 Å². The van der Waals surface area contributed by atoms with Gasteiger partial charge < -0.3 is 5.32 Å². The monoisotopic (exact) mass is 339 g/mol. The quantitative estimate of drug-likeness (QED) is 0.764. The lowest BCUT2D eigenvalue weighted by molar-refractivity contribution is -0.116. The molecule has 0 spiro atoms. The highest BCUT2D eigenvalue weighted by Crippen LogP contribution is 2.40. The maximum atomic E-state index is 12.2. The first-order valence-electron chi connectivity index (χ1n) is 8.45. The Morgan fingerprint density at radius 3 is 2.38 bits per heavy atom. The number of nitrogens with one attached hydrogen (secondary N) is 1. The molecule has 24 heavy (non-hydrogen) atoms. The van der Waals surface area contributed by atoms with Gasteiger partial charge in [-0.1, -0.05) is 66.9 Å². The van der Waals surface area contributed by atoms with Gasteiger partial charge in [-0.15, -0.1) is 0 Å². The zero-order valence-electron chi connectivity index (χ0n) is 13.7. The van der Waals surface area contributed by atoms with Gasteiger partial charge in [-0.3, -0.25) is 4.79 Å². The minimum atomic E-state index is -0.0489. The molecule has 0 aromatic heterocycles. The Balaban J connectivity index is 1.63. The molecular formula is C21H22ClNO. The number of amides is 1. The summed E-state index contributed by atoms with van der Waals surface area (Å²) in [6, 6.07) is 18.0. The summed E-state index contributed by atoms with van der Waals surface area (Å²) >= 11 is 5.87. The number of hydrogen-bond donors (Lipinski definition) is 1. The molecule has 2 nitrogen and oxygen atoms in total. The van der Waals surface area contributed by atoms with Crippen LogP contribution < -0.4 is 5.32 Å². The van der Waals surface area contributed by atoms with Crippen molar-refractivity contribution in [3.05, 3.63) is 76.8 Å². The molecule has 3 heteroatoms. The molecule has 1 N–H and O–H groups in total. The van der Waals surface area contributed by atoms with Gasteiger partial charge in [0.25, 0.3) is 0 Å². The standard InChI is InChI=1S/C21H22ClNO/c22-19-11-8-17(9-12-19)10-13-20(24)23-16-21(14-4-5-15-21)18-6-2-1-3-7-18/h1-3,6-13H,4-5,14-16H2,(H,23,24). The van der Waals surface area contributed by atoms with Gasteiger partial charge >= 0.3 is 0 Å². The molecule has 2 aromatic rings. The Morgan fingerprint density at radius 2 is 1.71 bits per heavy atom. The third-order valence-corrected chi connectivity index (χ3v) is 5.10. The maximum absolute atomic E-state index is 12.2. The highest BCUT2D eigenvalue weighted by Gasteiger charge is 2.35. The topological polar surface area (TPSA) is 29.1 Å². The van der Waals surface area contributed by atoms with Crippen molar-refractivity contribution >= 4 is 23.6 Å². The third-order valence-electron chi connectivity index (χ3n) is 4.84. The van der Waals surface area contributed by atoms with Gasteiger partial charge in [0.05, 0.1) is 0 Å². The molecule has 1 aliphatic rings. The molecule has 0 heterocycles. The molecule has 0 aliphatic heterocycles. The van der Waals surface area contributed by atoms with E-state index in [-0.39, 0.29) is 11.3 Å². The number of carbonyl (C=O) groups excluding carboxylic acids is 1. The Kier molecular flexibility index (Phi) is 5.37. The SMILES string of the molecule is O=C(C=Cc1ccc(Cl)cc1)NCC1(c2ccccc2)CCCC1. The van der Waals surface area contributed by atoms with Crippen molar-refractivity contribution in [3.63, 3.8) is 0 Å². The average Bonchev–Trinajstić information content (AvgIpc) is 3.10. The first kappa shape index (κ1) is 16.8. The smallest absolute Gasteiger partial charge is 0.244 e. The zero-order valence-corrected chi connectivity index (χ0v) is 14.4. The Morgan fingerprint density at radius 1 is 1.04 bits per heavy atom. The lowest BCUT2D eigenvalue weighted by Gasteiger charge is -2.29. The summed E-state index contributed by atoms with van der Waals surface area (Å²) in [5.41, 5.74) is 2.39. The number of hydrogen-bond acceptors (Lipinski definition) is 1. The fourth-order valence-corrected chi connectivity index (χ4v) is 3.60. The van der Waals surface area contributed by atoms with Crippen LogP contribution in [0.2, 0.25) is 5.02 Å². The zero-order chi connectivity index (χ0) is 16.8. The van der Waals surface area contributed by atoms with Crippen LogP contribution in [0.15, 0.2) is 60.7 Å². The number of benzene rings is 2. The minimum Gasteiger partial charge on any atom is -0.352 e. The second-order valence-electron chi connectivity index (χ2n) is 6.46. The van der Waals surface area contributed by atoms with Crippen LogP contribution in [0.1, 0.15) is 36.8 Å². The summed E-state index contributed by atoms with van der Waals surface area (Å²) in [5.74, 6) is -0.0489. The van der Waals surface area contributed by atoms with E-state index in [0.29, 0.717) is 11.6 Å².